The van der Waals surface area contributed by atoms with Crippen molar-refractivity contribution < 1.29 is 13.9 Å². The summed E-state index contributed by atoms with van der Waals surface area (Å²) in [5.74, 6) is 1.62. The molecule has 0 unspecified atom stereocenters. The number of aromatic nitrogens is 1. The molecule has 0 radical (unpaired) electrons. The lowest BCUT2D eigenvalue weighted by Crippen LogP contribution is -2.25. The molecule has 1 aromatic heterocycles. The van der Waals surface area contributed by atoms with Crippen LogP contribution < -0.4 is 10.1 Å². The van der Waals surface area contributed by atoms with Crippen molar-refractivity contribution in [1.29, 1.82) is 0 Å². The lowest BCUT2D eigenvalue weighted by molar-refractivity contribution is -0.120. The predicted octanol–water partition coefficient (Wildman–Crippen LogP) is 4.17. The maximum Gasteiger partial charge on any atom is 0.228 e. The number of para-hydroxylation sites is 1. The van der Waals surface area contributed by atoms with Gasteiger partial charge in [0.2, 0.25) is 11.8 Å². The highest BCUT2D eigenvalue weighted by Crippen LogP contribution is 2.28. The monoisotopic (exact) mass is 370 g/mol. The Balaban J connectivity index is 1.67. The molecule has 134 valence electrons. The first kappa shape index (κ1) is 18.0. The largest absolute Gasteiger partial charge is 0.496 e. The summed E-state index contributed by atoms with van der Waals surface area (Å²) >= 11 is 6.18. The highest BCUT2D eigenvalue weighted by molar-refractivity contribution is 6.33. The van der Waals surface area contributed by atoms with Gasteiger partial charge in [0.15, 0.2) is 0 Å². The van der Waals surface area contributed by atoms with Gasteiger partial charge in [0.1, 0.15) is 11.5 Å². The van der Waals surface area contributed by atoms with Crippen LogP contribution in [-0.2, 0) is 17.8 Å². The first-order valence-corrected chi connectivity index (χ1v) is 8.56. The van der Waals surface area contributed by atoms with E-state index in [1.807, 2.05) is 42.5 Å². The molecule has 0 fully saturated rings. The number of ether oxygens (including phenoxy) is 1. The van der Waals surface area contributed by atoms with E-state index in [1.54, 1.807) is 20.1 Å². The van der Waals surface area contributed by atoms with Crippen molar-refractivity contribution >= 4 is 17.5 Å². The zero-order chi connectivity index (χ0) is 18.5. The summed E-state index contributed by atoms with van der Waals surface area (Å²) in [7, 11) is 1.61. The van der Waals surface area contributed by atoms with Gasteiger partial charge in [-0.3, -0.25) is 4.79 Å². The van der Waals surface area contributed by atoms with E-state index in [-0.39, 0.29) is 12.3 Å². The van der Waals surface area contributed by atoms with Crippen molar-refractivity contribution in [3.63, 3.8) is 0 Å². The summed E-state index contributed by atoms with van der Waals surface area (Å²) in [5, 5.41) is 3.44. The van der Waals surface area contributed by atoms with E-state index in [0.717, 1.165) is 11.3 Å². The van der Waals surface area contributed by atoms with Crippen LogP contribution in [0.4, 0.5) is 0 Å². The summed E-state index contributed by atoms with van der Waals surface area (Å²) in [6, 6.07) is 14.9. The minimum Gasteiger partial charge on any atom is -0.496 e. The molecule has 0 saturated heterocycles. The zero-order valence-corrected chi connectivity index (χ0v) is 15.3. The quantitative estimate of drug-likeness (QED) is 0.707. The van der Waals surface area contributed by atoms with E-state index >= 15 is 0 Å². The molecule has 5 nitrogen and oxygen atoms in total. The van der Waals surface area contributed by atoms with Crippen molar-refractivity contribution in [2.24, 2.45) is 0 Å². The van der Waals surface area contributed by atoms with E-state index in [1.165, 1.54) is 0 Å². The Labute approximate surface area is 157 Å². The second kappa shape index (κ2) is 8.06. The second-order valence-electron chi connectivity index (χ2n) is 5.77. The number of methoxy groups -OCH3 is 1. The Morgan fingerprint density at radius 2 is 1.92 bits per heavy atom. The van der Waals surface area contributed by atoms with Crippen molar-refractivity contribution in [2.45, 2.75) is 19.9 Å². The van der Waals surface area contributed by atoms with Crippen LogP contribution in [0.15, 0.2) is 52.9 Å². The van der Waals surface area contributed by atoms with Gasteiger partial charge in [-0.05, 0) is 25.1 Å². The number of rotatable bonds is 6. The van der Waals surface area contributed by atoms with Crippen LogP contribution in [0.1, 0.15) is 17.0 Å². The van der Waals surface area contributed by atoms with Gasteiger partial charge in [-0.25, -0.2) is 4.98 Å². The third-order valence-electron chi connectivity index (χ3n) is 3.99. The Morgan fingerprint density at radius 3 is 2.69 bits per heavy atom. The van der Waals surface area contributed by atoms with Crippen LogP contribution >= 0.6 is 11.6 Å². The summed E-state index contributed by atoms with van der Waals surface area (Å²) in [6.07, 6.45) is 0.134. The molecular weight excluding hydrogens is 352 g/mol. The second-order valence-corrected chi connectivity index (χ2v) is 6.17. The van der Waals surface area contributed by atoms with Crippen molar-refractivity contribution in [3.8, 4) is 17.2 Å². The first-order valence-electron chi connectivity index (χ1n) is 8.18. The molecule has 1 amide bonds. The highest BCUT2D eigenvalue weighted by Gasteiger charge is 2.16. The molecular formula is C20H19ClN2O3. The molecule has 3 aromatic rings. The Kier molecular flexibility index (Phi) is 5.58. The van der Waals surface area contributed by atoms with Gasteiger partial charge in [-0.15, -0.1) is 0 Å². The summed E-state index contributed by atoms with van der Waals surface area (Å²) in [4.78, 5) is 16.7. The highest BCUT2D eigenvalue weighted by atomic mass is 35.5. The molecule has 0 atom stereocenters. The number of halogens is 1. The molecule has 2 aromatic carbocycles. The molecule has 1 heterocycles. The molecule has 3 rings (SSSR count). The molecule has 0 aliphatic rings. The molecule has 6 heteroatoms. The lowest BCUT2D eigenvalue weighted by Gasteiger charge is -2.09. The number of aryl methyl sites for hydroxylation is 1. The molecule has 0 bridgehead atoms. The predicted molar refractivity (Wildman–Crippen MR) is 100 cm³/mol. The van der Waals surface area contributed by atoms with Gasteiger partial charge >= 0.3 is 0 Å². The van der Waals surface area contributed by atoms with Crippen LogP contribution in [0.25, 0.3) is 11.5 Å². The smallest absolute Gasteiger partial charge is 0.228 e. The van der Waals surface area contributed by atoms with Crippen LogP contribution in [0.5, 0.6) is 5.75 Å². The average molecular weight is 371 g/mol. The lowest BCUT2D eigenvalue weighted by atomic mass is 10.2. The number of oxazole rings is 1. The van der Waals surface area contributed by atoms with Crippen molar-refractivity contribution in [1.82, 2.24) is 10.3 Å². The third kappa shape index (κ3) is 4.06. The van der Waals surface area contributed by atoms with Gasteiger partial charge in [0.25, 0.3) is 0 Å². The van der Waals surface area contributed by atoms with E-state index < -0.39 is 0 Å². The van der Waals surface area contributed by atoms with Crippen LogP contribution in [0.3, 0.4) is 0 Å². The average Bonchev–Trinajstić information content (AvgIpc) is 3.00. The van der Waals surface area contributed by atoms with Crippen LogP contribution in [0, 0.1) is 6.92 Å². The molecule has 1 N–H and O–H groups in total. The number of nitrogens with one attached hydrogen (secondary N) is 1. The Morgan fingerprint density at radius 1 is 1.19 bits per heavy atom. The maximum atomic E-state index is 12.3. The van der Waals surface area contributed by atoms with Crippen molar-refractivity contribution in [3.05, 3.63) is 70.6 Å². The zero-order valence-electron chi connectivity index (χ0n) is 14.6. The van der Waals surface area contributed by atoms with Gasteiger partial charge in [0.05, 0.1) is 29.8 Å². The Hall–Kier alpha value is -2.79. The fraction of sp³-hybridized carbons (Fsp3) is 0.200. The standard InChI is InChI=1S/C20H19ClN2O3/c1-13-17(23-20(26-13)15-8-4-5-9-16(15)21)11-19(24)22-12-14-7-3-6-10-18(14)25-2/h3-10H,11-12H2,1-2H3,(H,22,24). The topological polar surface area (TPSA) is 64.4 Å². The van der Waals surface area contributed by atoms with Gasteiger partial charge < -0.3 is 14.5 Å². The molecule has 0 spiro atoms. The van der Waals surface area contributed by atoms with Crippen LogP contribution in [-0.4, -0.2) is 18.0 Å². The van der Waals surface area contributed by atoms with Crippen LogP contribution in [0.2, 0.25) is 5.02 Å². The molecule has 26 heavy (non-hydrogen) atoms. The van der Waals surface area contributed by atoms with E-state index in [9.17, 15) is 4.79 Å². The van der Waals surface area contributed by atoms with E-state index in [4.69, 9.17) is 20.8 Å². The normalized spacial score (nSPS) is 10.6. The fourth-order valence-electron chi connectivity index (χ4n) is 2.60. The van der Waals surface area contributed by atoms with E-state index in [2.05, 4.69) is 10.3 Å². The SMILES string of the molecule is COc1ccccc1CNC(=O)Cc1nc(-c2ccccc2Cl)oc1C. The molecule has 0 aliphatic heterocycles. The minimum absolute atomic E-state index is 0.134. The first-order chi connectivity index (χ1) is 12.6. The summed E-state index contributed by atoms with van der Waals surface area (Å²) in [5.41, 5.74) is 2.22. The number of carbonyl (C=O) groups excluding carboxylic acids is 1. The number of nitrogens with zero attached hydrogens (tertiary/aromatic N) is 1. The fourth-order valence-corrected chi connectivity index (χ4v) is 2.82. The third-order valence-corrected chi connectivity index (χ3v) is 4.32. The maximum absolute atomic E-state index is 12.3. The van der Waals surface area contributed by atoms with Gasteiger partial charge in [-0.1, -0.05) is 41.9 Å². The molecule has 0 saturated carbocycles. The number of amides is 1. The van der Waals surface area contributed by atoms with Crippen molar-refractivity contribution in [2.75, 3.05) is 7.11 Å². The van der Waals surface area contributed by atoms with Gasteiger partial charge in [-0.2, -0.15) is 0 Å². The van der Waals surface area contributed by atoms with E-state index in [0.29, 0.717) is 34.5 Å². The number of carbonyl (C=O) groups is 1. The number of benzene rings is 2. The number of hydrogen-bond donors (Lipinski definition) is 1. The summed E-state index contributed by atoms with van der Waals surface area (Å²) in [6.45, 7) is 2.17. The molecule has 0 aliphatic carbocycles. The Bertz CT molecular complexity index is 921. The number of hydrogen-bond acceptors (Lipinski definition) is 4. The summed E-state index contributed by atoms with van der Waals surface area (Å²) < 4.78 is 11.0. The minimum atomic E-state index is -0.141. The van der Waals surface area contributed by atoms with Gasteiger partial charge in [0, 0.05) is 12.1 Å².